The van der Waals surface area contributed by atoms with Crippen LogP contribution in [0.5, 0.6) is 0 Å². The van der Waals surface area contributed by atoms with Crippen LogP contribution < -0.4 is 5.32 Å². The number of ether oxygens (including phenoxy) is 1. The molecule has 2 aliphatic rings. The Balaban J connectivity index is 1.66. The topological polar surface area (TPSA) is 78.9 Å². The molecular formula is C10H16N2O4. The Morgan fingerprint density at radius 2 is 2.19 bits per heavy atom. The summed E-state index contributed by atoms with van der Waals surface area (Å²) < 4.78 is 5.15. The molecule has 0 aromatic carbocycles. The van der Waals surface area contributed by atoms with E-state index in [9.17, 15) is 9.59 Å². The molecule has 0 aliphatic carbocycles. The van der Waals surface area contributed by atoms with E-state index in [2.05, 4.69) is 5.32 Å². The third-order valence-electron chi connectivity index (χ3n) is 2.96. The van der Waals surface area contributed by atoms with Gasteiger partial charge in [0.2, 0.25) is 0 Å². The van der Waals surface area contributed by atoms with Crippen LogP contribution in [0.3, 0.4) is 0 Å². The SMILES string of the molecule is O=C(O)CC1CN(C(=O)NC2CCOC2)C1. The van der Waals surface area contributed by atoms with Crippen molar-refractivity contribution in [3.63, 3.8) is 0 Å². The summed E-state index contributed by atoms with van der Waals surface area (Å²) in [5, 5.41) is 11.4. The zero-order valence-electron chi connectivity index (χ0n) is 9.02. The Kier molecular flexibility index (Phi) is 3.28. The van der Waals surface area contributed by atoms with Gasteiger partial charge in [0.1, 0.15) is 0 Å². The highest BCUT2D eigenvalue weighted by molar-refractivity contribution is 5.76. The molecule has 2 saturated heterocycles. The van der Waals surface area contributed by atoms with Crippen molar-refractivity contribution in [2.45, 2.75) is 18.9 Å². The summed E-state index contributed by atoms with van der Waals surface area (Å²) in [7, 11) is 0. The fraction of sp³-hybridized carbons (Fsp3) is 0.800. The predicted octanol–water partition coefficient (Wildman–Crippen LogP) is -0.109. The normalized spacial score (nSPS) is 25.2. The van der Waals surface area contributed by atoms with Crippen molar-refractivity contribution < 1.29 is 19.4 Å². The average molecular weight is 228 g/mol. The summed E-state index contributed by atoms with van der Waals surface area (Å²) >= 11 is 0. The maximum absolute atomic E-state index is 11.6. The molecule has 0 bridgehead atoms. The maximum Gasteiger partial charge on any atom is 0.317 e. The summed E-state index contributed by atoms with van der Waals surface area (Å²) in [6, 6.07) is 0.0168. The van der Waals surface area contributed by atoms with Crippen molar-refractivity contribution >= 4 is 12.0 Å². The van der Waals surface area contributed by atoms with Crippen LogP contribution in [-0.2, 0) is 9.53 Å². The Morgan fingerprint density at radius 3 is 2.75 bits per heavy atom. The monoisotopic (exact) mass is 228 g/mol. The molecule has 0 aromatic heterocycles. The Labute approximate surface area is 93.6 Å². The first-order valence-corrected chi connectivity index (χ1v) is 5.50. The van der Waals surface area contributed by atoms with Crippen LogP contribution >= 0.6 is 0 Å². The molecule has 0 spiro atoms. The first kappa shape index (κ1) is 11.2. The van der Waals surface area contributed by atoms with E-state index in [-0.39, 0.29) is 24.4 Å². The minimum atomic E-state index is -0.797. The van der Waals surface area contributed by atoms with Crippen molar-refractivity contribution in [3.8, 4) is 0 Å². The number of hydrogen-bond acceptors (Lipinski definition) is 3. The molecule has 1 unspecified atom stereocenters. The fourth-order valence-corrected chi connectivity index (χ4v) is 2.03. The largest absolute Gasteiger partial charge is 0.481 e. The van der Waals surface area contributed by atoms with E-state index in [4.69, 9.17) is 9.84 Å². The molecule has 0 aromatic rings. The molecular weight excluding hydrogens is 212 g/mol. The number of nitrogens with zero attached hydrogens (tertiary/aromatic N) is 1. The number of carbonyl (C=O) groups excluding carboxylic acids is 1. The summed E-state index contributed by atoms with van der Waals surface area (Å²) in [6.45, 7) is 2.38. The van der Waals surface area contributed by atoms with Crippen molar-refractivity contribution in [1.82, 2.24) is 10.2 Å². The lowest BCUT2D eigenvalue weighted by molar-refractivity contribution is -0.139. The zero-order valence-corrected chi connectivity index (χ0v) is 9.02. The van der Waals surface area contributed by atoms with Crippen molar-refractivity contribution in [1.29, 1.82) is 0 Å². The summed E-state index contributed by atoms with van der Waals surface area (Å²) in [5.74, 6) is -0.683. The van der Waals surface area contributed by atoms with Crippen molar-refractivity contribution in [2.24, 2.45) is 5.92 Å². The third kappa shape index (κ3) is 2.63. The Morgan fingerprint density at radius 1 is 1.44 bits per heavy atom. The van der Waals surface area contributed by atoms with Gasteiger partial charge in [0, 0.05) is 25.6 Å². The van der Waals surface area contributed by atoms with E-state index in [0.717, 1.165) is 6.42 Å². The van der Waals surface area contributed by atoms with Gasteiger partial charge in [0.15, 0.2) is 0 Å². The molecule has 16 heavy (non-hydrogen) atoms. The second-order valence-corrected chi connectivity index (χ2v) is 4.38. The molecule has 2 N–H and O–H groups in total. The molecule has 2 heterocycles. The molecule has 0 radical (unpaired) electrons. The van der Waals surface area contributed by atoms with Gasteiger partial charge in [-0.1, -0.05) is 0 Å². The van der Waals surface area contributed by atoms with E-state index in [1.54, 1.807) is 4.90 Å². The predicted molar refractivity (Wildman–Crippen MR) is 55.1 cm³/mol. The second-order valence-electron chi connectivity index (χ2n) is 4.38. The first-order valence-electron chi connectivity index (χ1n) is 5.50. The average Bonchev–Trinajstić information content (AvgIpc) is 2.62. The molecule has 2 rings (SSSR count). The van der Waals surface area contributed by atoms with Crippen LogP contribution in [0, 0.1) is 5.92 Å². The van der Waals surface area contributed by atoms with Crippen LogP contribution in [0.1, 0.15) is 12.8 Å². The second kappa shape index (κ2) is 4.69. The van der Waals surface area contributed by atoms with Gasteiger partial charge in [-0.2, -0.15) is 0 Å². The van der Waals surface area contributed by atoms with Gasteiger partial charge in [-0.3, -0.25) is 4.79 Å². The number of nitrogens with one attached hydrogen (secondary N) is 1. The van der Waals surface area contributed by atoms with Crippen LogP contribution in [0.15, 0.2) is 0 Å². The number of hydrogen-bond donors (Lipinski definition) is 2. The van der Waals surface area contributed by atoms with Gasteiger partial charge < -0.3 is 20.1 Å². The van der Waals surface area contributed by atoms with Gasteiger partial charge in [-0.15, -0.1) is 0 Å². The fourth-order valence-electron chi connectivity index (χ4n) is 2.03. The van der Waals surface area contributed by atoms with Crippen LogP contribution in [-0.4, -0.2) is 54.4 Å². The van der Waals surface area contributed by atoms with E-state index >= 15 is 0 Å². The summed E-state index contributed by atoms with van der Waals surface area (Å²) in [6.07, 6.45) is 1.01. The van der Waals surface area contributed by atoms with Crippen LogP contribution in [0.4, 0.5) is 4.79 Å². The lowest BCUT2D eigenvalue weighted by atomic mass is 9.97. The van der Waals surface area contributed by atoms with E-state index in [1.807, 2.05) is 0 Å². The number of urea groups is 1. The Hall–Kier alpha value is -1.30. The van der Waals surface area contributed by atoms with Crippen molar-refractivity contribution in [3.05, 3.63) is 0 Å². The molecule has 2 fully saturated rings. The van der Waals surface area contributed by atoms with E-state index < -0.39 is 5.97 Å². The highest BCUT2D eigenvalue weighted by Gasteiger charge is 2.33. The highest BCUT2D eigenvalue weighted by Crippen LogP contribution is 2.19. The standard InChI is InChI=1S/C10H16N2O4/c13-9(14)3-7-4-12(5-7)10(15)11-8-1-2-16-6-8/h7-8H,1-6H2,(H,11,15)(H,13,14). The number of rotatable bonds is 3. The van der Waals surface area contributed by atoms with Gasteiger partial charge in [-0.05, 0) is 6.42 Å². The lowest BCUT2D eigenvalue weighted by Gasteiger charge is -2.38. The first-order chi connectivity index (χ1) is 7.65. The van der Waals surface area contributed by atoms with Gasteiger partial charge >= 0.3 is 12.0 Å². The number of carboxylic acids is 1. The molecule has 6 nitrogen and oxygen atoms in total. The molecule has 2 aliphatic heterocycles. The minimum absolute atomic E-state index is 0.0999. The minimum Gasteiger partial charge on any atom is -0.481 e. The highest BCUT2D eigenvalue weighted by atomic mass is 16.5. The maximum atomic E-state index is 11.6. The number of carboxylic acid groups (broad SMARTS) is 1. The Bertz CT molecular complexity index is 283. The molecule has 2 amide bonds. The van der Waals surface area contributed by atoms with Crippen LogP contribution in [0.2, 0.25) is 0 Å². The number of aliphatic carboxylic acids is 1. The van der Waals surface area contributed by atoms with E-state index in [0.29, 0.717) is 26.3 Å². The van der Waals surface area contributed by atoms with Gasteiger partial charge in [0.25, 0.3) is 0 Å². The van der Waals surface area contributed by atoms with Gasteiger partial charge in [-0.25, -0.2) is 4.79 Å². The smallest absolute Gasteiger partial charge is 0.317 e. The molecule has 0 saturated carbocycles. The van der Waals surface area contributed by atoms with Gasteiger partial charge in [0.05, 0.1) is 19.1 Å². The summed E-state index contributed by atoms with van der Waals surface area (Å²) in [4.78, 5) is 23.7. The third-order valence-corrected chi connectivity index (χ3v) is 2.96. The van der Waals surface area contributed by atoms with Crippen LogP contribution in [0.25, 0.3) is 0 Å². The number of amides is 2. The lowest BCUT2D eigenvalue weighted by Crippen LogP contribution is -2.56. The van der Waals surface area contributed by atoms with Crippen molar-refractivity contribution in [2.75, 3.05) is 26.3 Å². The number of carbonyl (C=O) groups is 2. The number of likely N-dealkylation sites (tertiary alicyclic amines) is 1. The van der Waals surface area contributed by atoms with E-state index in [1.165, 1.54) is 0 Å². The summed E-state index contributed by atoms with van der Waals surface area (Å²) in [5.41, 5.74) is 0. The quantitative estimate of drug-likeness (QED) is 0.706. The molecule has 1 atom stereocenters. The molecule has 90 valence electrons. The zero-order chi connectivity index (χ0) is 11.5. The molecule has 6 heteroatoms.